The van der Waals surface area contributed by atoms with Gasteiger partial charge in [-0.15, -0.1) is 0 Å². The van der Waals surface area contributed by atoms with Crippen molar-refractivity contribution in [1.82, 2.24) is 15.2 Å². The van der Waals surface area contributed by atoms with Gasteiger partial charge in [0, 0.05) is 16.8 Å². The number of ether oxygens (including phenoxy) is 1. The molecular formula is C25H20BrClN4O2. The number of carbonyl (C=O) groups is 1. The van der Waals surface area contributed by atoms with Crippen LogP contribution in [-0.4, -0.2) is 21.9 Å². The second-order valence-electron chi connectivity index (χ2n) is 7.16. The summed E-state index contributed by atoms with van der Waals surface area (Å²) in [6.45, 7) is 0.953. The molecule has 4 aromatic rings. The Morgan fingerprint density at radius 2 is 1.76 bits per heavy atom. The van der Waals surface area contributed by atoms with Crippen LogP contribution in [0.1, 0.15) is 27.2 Å². The number of amides is 1. The molecule has 1 amide bonds. The molecule has 166 valence electrons. The average Bonchev–Trinajstić information content (AvgIpc) is 3.20. The van der Waals surface area contributed by atoms with Crippen molar-refractivity contribution in [2.45, 2.75) is 13.2 Å². The Morgan fingerprint density at radius 3 is 2.55 bits per heavy atom. The first-order valence-corrected chi connectivity index (χ1v) is 11.3. The average molecular weight is 524 g/mol. The van der Waals surface area contributed by atoms with Crippen LogP contribution in [0.4, 0.5) is 0 Å². The van der Waals surface area contributed by atoms with Gasteiger partial charge in [0.25, 0.3) is 5.91 Å². The lowest BCUT2D eigenvalue weighted by Gasteiger charge is -2.08. The summed E-state index contributed by atoms with van der Waals surface area (Å²) in [5.41, 5.74) is 5.61. The summed E-state index contributed by atoms with van der Waals surface area (Å²) < 4.78 is 8.18. The number of hydrogen-bond acceptors (Lipinski definition) is 4. The number of halogens is 2. The van der Waals surface area contributed by atoms with Crippen molar-refractivity contribution >= 4 is 39.7 Å². The van der Waals surface area contributed by atoms with Crippen LogP contribution in [0.2, 0.25) is 5.02 Å². The van der Waals surface area contributed by atoms with Gasteiger partial charge >= 0.3 is 0 Å². The zero-order valence-electron chi connectivity index (χ0n) is 17.5. The van der Waals surface area contributed by atoms with Crippen molar-refractivity contribution in [1.29, 1.82) is 0 Å². The first-order chi connectivity index (χ1) is 16.1. The lowest BCUT2D eigenvalue weighted by atomic mass is 10.2. The Kier molecular flexibility index (Phi) is 7.55. The fourth-order valence-electron chi connectivity index (χ4n) is 3.08. The van der Waals surface area contributed by atoms with Crippen molar-refractivity contribution in [3.63, 3.8) is 0 Å². The standard InChI is InChI=1S/C25H20BrClN4O2/c26-22-16-31(15-18-10-12-21(27)13-11-18)30-24(22)25(32)29-28-14-20-8-4-5-9-23(20)33-17-19-6-2-1-3-7-19/h1-14,16H,15,17H2,(H,29,32)/b28-14+. The summed E-state index contributed by atoms with van der Waals surface area (Å²) in [4.78, 5) is 12.6. The predicted octanol–water partition coefficient (Wildman–Crippen LogP) is 5.69. The van der Waals surface area contributed by atoms with Crippen molar-refractivity contribution in [3.05, 3.63) is 117 Å². The molecule has 0 saturated carbocycles. The molecule has 0 atom stereocenters. The summed E-state index contributed by atoms with van der Waals surface area (Å²) in [6.07, 6.45) is 3.30. The summed E-state index contributed by atoms with van der Waals surface area (Å²) in [6, 6.07) is 24.9. The van der Waals surface area contributed by atoms with Crippen LogP contribution in [-0.2, 0) is 13.2 Å². The Labute approximate surface area is 205 Å². The van der Waals surface area contributed by atoms with Crippen LogP contribution in [0.3, 0.4) is 0 Å². The van der Waals surface area contributed by atoms with E-state index in [1.807, 2.05) is 78.9 Å². The Hall–Kier alpha value is -3.42. The molecule has 4 rings (SSSR count). The summed E-state index contributed by atoms with van der Waals surface area (Å²) in [5.74, 6) is 0.253. The molecule has 0 aliphatic carbocycles. The number of rotatable bonds is 8. The van der Waals surface area contributed by atoms with Crippen LogP contribution in [0.5, 0.6) is 5.75 Å². The largest absolute Gasteiger partial charge is 0.488 e. The van der Waals surface area contributed by atoms with Gasteiger partial charge in [-0.3, -0.25) is 9.48 Å². The van der Waals surface area contributed by atoms with E-state index in [2.05, 4.69) is 31.6 Å². The molecule has 3 aromatic carbocycles. The van der Waals surface area contributed by atoms with Gasteiger partial charge in [-0.1, -0.05) is 66.2 Å². The summed E-state index contributed by atoms with van der Waals surface area (Å²) in [7, 11) is 0. The van der Waals surface area contributed by atoms with Gasteiger partial charge in [0.2, 0.25) is 0 Å². The zero-order chi connectivity index (χ0) is 23.0. The minimum atomic E-state index is -0.421. The van der Waals surface area contributed by atoms with Gasteiger partial charge in [0.15, 0.2) is 5.69 Å². The van der Waals surface area contributed by atoms with Crippen LogP contribution < -0.4 is 10.2 Å². The number of aromatic nitrogens is 2. The molecular weight excluding hydrogens is 504 g/mol. The fourth-order valence-corrected chi connectivity index (χ4v) is 3.70. The van der Waals surface area contributed by atoms with E-state index in [9.17, 15) is 4.79 Å². The third-order valence-corrected chi connectivity index (χ3v) is 5.55. The maximum atomic E-state index is 12.6. The van der Waals surface area contributed by atoms with E-state index in [0.29, 0.717) is 28.4 Å². The molecule has 0 unspecified atom stereocenters. The lowest BCUT2D eigenvalue weighted by Crippen LogP contribution is -2.19. The molecule has 0 bridgehead atoms. The number of hydrazone groups is 1. The molecule has 8 heteroatoms. The maximum absolute atomic E-state index is 12.6. The number of carbonyl (C=O) groups excluding carboxylic acids is 1. The van der Waals surface area contributed by atoms with E-state index in [1.54, 1.807) is 17.1 Å². The molecule has 6 nitrogen and oxygen atoms in total. The van der Waals surface area contributed by atoms with Crippen molar-refractivity contribution in [2.75, 3.05) is 0 Å². The van der Waals surface area contributed by atoms with E-state index < -0.39 is 5.91 Å². The highest BCUT2D eigenvalue weighted by Crippen LogP contribution is 2.19. The second-order valence-corrected chi connectivity index (χ2v) is 8.45. The minimum Gasteiger partial charge on any atom is -0.488 e. The van der Waals surface area contributed by atoms with E-state index in [0.717, 1.165) is 16.7 Å². The number of hydrogen-bond donors (Lipinski definition) is 1. The minimum absolute atomic E-state index is 0.245. The first kappa shape index (κ1) is 22.8. The van der Waals surface area contributed by atoms with Crippen LogP contribution in [0, 0.1) is 0 Å². The van der Waals surface area contributed by atoms with Crippen LogP contribution in [0.25, 0.3) is 0 Å². The van der Waals surface area contributed by atoms with Gasteiger partial charge in [-0.25, -0.2) is 5.43 Å². The topological polar surface area (TPSA) is 68.5 Å². The molecule has 1 aromatic heterocycles. The van der Waals surface area contributed by atoms with E-state index in [4.69, 9.17) is 16.3 Å². The molecule has 33 heavy (non-hydrogen) atoms. The second kappa shape index (κ2) is 10.9. The molecule has 1 N–H and O–H groups in total. The van der Waals surface area contributed by atoms with Crippen molar-refractivity contribution in [2.24, 2.45) is 5.10 Å². The Morgan fingerprint density at radius 1 is 1.03 bits per heavy atom. The Bertz CT molecular complexity index is 1260. The highest BCUT2D eigenvalue weighted by Gasteiger charge is 2.15. The van der Waals surface area contributed by atoms with E-state index >= 15 is 0 Å². The van der Waals surface area contributed by atoms with Crippen LogP contribution >= 0.6 is 27.5 Å². The summed E-state index contributed by atoms with van der Waals surface area (Å²) >= 11 is 9.33. The van der Waals surface area contributed by atoms with Gasteiger partial charge in [0.1, 0.15) is 12.4 Å². The molecule has 0 radical (unpaired) electrons. The zero-order valence-corrected chi connectivity index (χ0v) is 19.8. The Balaban J connectivity index is 1.38. The maximum Gasteiger partial charge on any atom is 0.293 e. The molecule has 1 heterocycles. The quantitative estimate of drug-likeness (QED) is 0.238. The SMILES string of the molecule is O=C(N/N=C/c1ccccc1OCc1ccccc1)c1nn(Cc2ccc(Cl)cc2)cc1Br. The molecule has 0 aliphatic heterocycles. The highest BCUT2D eigenvalue weighted by molar-refractivity contribution is 9.10. The molecule has 0 fully saturated rings. The third kappa shape index (κ3) is 6.31. The van der Waals surface area contributed by atoms with Gasteiger partial charge in [0.05, 0.1) is 17.2 Å². The molecule has 0 saturated heterocycles. The monoisotopic (exact) mass is 522 g/mol. The number of para-hydroxylation sites is 1. The van der Waals surface area contributed by atoms with E-state index in [1.165, 1.54) is 0 Å². The summed E-state index contributed by atoms with van der Waals surface area (Å²) in [5, 5.41) is 9.12. The van der Waals surface area contributed by atoms with E-state index in [-0.39, 0.29) is 5.69 Å². The van der Waals surface area contributed by atoms with Crippen molar-refractivity contribution in [3.8, 4) is 5.75 Å². The third-order valence-electron chi connectivity index (χ3n) is 4.72. The number of benzene rings is 3. The first-order valence-electron chi connectivity index (χ1n) is 10.1. The smallest absolute Gasteiger partial charge is 0.293 e. The number of nitrogens with zero attached hydrogens (tertiary/aromatic N) is 3. The molecule has 0 spiro atoms. The van der Waals surface area contributed by atoms with Crippen LogP contribution in [0.15, 0.2) is 94.6 Å². The predicted molar refractivity (Wildman–Crippen MR) is 133 cm³/mol. The fraction of sp³-hybridized carbons (Fsp3) is 0.0800. The van der Waals surface area contributed by atoms with Crippen molar-refractivity contribution < 1.29 is 9.53 Å². The lowest BCUT2D eigenvalue weighted by molar-refractivity contribution is 0.0948. The highest BCUT2D eigenvalue weighted by atomic mass is 79.9. The van der Waals surface area contributed by atoms with Gasteiger partial charge in [-0.2, -0.15) is 10.2 Å². The number of nitrogens with one attached hydrogen (secondary N) is 1. The molecule has 0 aliphatic rings. The normalized spacial score (nSPS) is 11.0. The van der Waals surface area contributed by atoms with Gasteiger partial charge < -0.3 is 4.74 Å². The van der Waals surface area contributed by atoms with Gasteiger partial charge in [-0.05, 0) is 51.3 Å².